The van der Waals surface area contributed by atoms with Gasteiger partial charge in [0.1, 0.15) is 5.75 Å². The van der Waals surface area contributed by atoms with E-state index in [1.54, 1.807) is 7.11 Å². The number of fused-ring (bicyclic) bond motifs is 1. The number of nitrogens with one attached hydrogen (secondary N) is 1. The lowest BCUT2D eigenvalue weighted by Gasteiger charge is -2.22. The second-order valence-electron chi connectivity index (χ2n) is 6.89. The van der Waals surface area contributed by atoms with Crippen molar-refractivity contribution >= 4 is 10.8 Å². The summed E-state index contributed by atoms with van der Waals surface area (Å²) in [7, 11) is 1.67. The average molecular weight is 344 g/mol. The zero-order valence-electron chi connectivity index (χ0n) is 15.9. The Morgan fingerprint density at radius 2 is 1.80 bits per heavy atom. The summed E-state index contributed by atoms with van der Waals surface area (Å²) < 4.78 is 5.30. The minimum absolute atomic E-state index is 0.0309. The molecule has 0 fully saturated rings. The normalized spacial score (nSPS) is 13.8. The topological polar surface area (TPSA) is 41.5 Å². The molecule has 0 radical (unpaired) electrons. The maximum absolute atomic E-state index is 10.8. The molecule has 0 amide bonds. The average Bonchev–Trinajstić information content (AvgIpc) is 2.65. The number of rotatable bonds is 11. The molecule has 0 aliphatic carbocycles. The number of aliphatic hydroxyl groups is 1. The molecule has 2 aromatic carbocycles. The van der Waals surface area contributed by atoms with E-state index in [1.807, 2.05) is 30.3 Å². The largest absolute Gasteiger partial charge is 0.497 e. The van der Waals surface area contributed by atoms with Gasteiger partial charge >= 0.3 is 0 Å². The molecule has 2 atom stereocenters. The van der Waals surface area contributed by atoms with Crippen LogP contribution in [0.5, 0.6) is 5.75 Å². The Kier molecular flexibility index (Phi) is 8.23. The van der Waals surface area contributed by atoms with Gasteiger partial charge in [0.2, 0.25) is 0 Å². The van der Waals surface area contributed by atoms with E-state index in [9.17, 15) is 5.11 Å². The van der Waals surface area contributed by atoms with Crippen LogP contribution in [-0.4, -0.2) is 24.8 Å². The fraction of sp³-hybridized carbons (Fsp3) is 0.545. The summed E-state index contributed by atoms with van der Waals surface area (Å²) in [6, 6.07) is 12.1. The van der Waals surface area contributed by atoms with Gasteiger partial charge in [-0.3, -0.25) is 0 Å². The molecular formula is C22H33NO2. The van der Waals surface area contributed by atoms with Crippen molar-refractivity contribution in [1.29, 1.82) is 0 Å². The molecule has 0 saturated carbocycles. The highest BCUT2D eigenvalue weighted by Crippen LogP contribution is 2.29. The van der Waals surface area contributed by atoms with E-state index >= 15 is 0 Å². The van der Waals surface area contributed by atoms with Gasteiger partial charge in [-0.2, -0.15) is 0 Å². The van der Waals surface area contributed by atoms with E-state index in [-0.39, 0.29) is 6.04 Å². The van der Waals surface area contributed by atoms with E-state index < -0.39 is 6.10 Å². The summed E-state index contributed by atoms with van der Waals surface area (Å²) >= 11 is 0. The summed E-state index contributed by atoms with van der Waals surface area (Å²) in [4.78, 5) is 0. The van der Waals surface area contributed by atoms with Crippen LogP contribution in [0.3, 0.4) is 0 Å². The highest BCUT2D eigenvalue weighted by molar-refractivity contribution is 5.87. The van der Waals surface area contributed by atoms with Crippen molar-refractivity contribution in [3.63, 3.8) is 0 Å². The van der Waals surface area contributed by atoms with E-state index in [4.69, 9.17) is 4.74 Å². The second-order valence-corrected chi connectivity index (χ2v) is 6.89. The quantitative estimate of drug-likeness (QED) is 0.550. The van der Waals surface area contributed by atoms with Gasteiger partial charge in [-0.05, 0) is 48.4 Å². The molecule has 0 aliphatic heterocycles. The lowest BCUT2D eigenvalue weighted by molar-refractivity contribution is 0.137. The van der Waals surface area contributed by atoms with Gasteiger partial charge in [0.05, 0.1) is 13.2 Å². The highest BCUT2D eigenvalue weighted by atomic mass is 16.5. The molecule has 2 aromatic rings. The Morgan fingerprint density at radius 1 is 1.04 bits per heavy atom. The number of ether oxygens (including phenoxy) is 1. The van der Waals surface area contributed by atoms with E-state index in [0.29, 0.717) is 0 Å². The molecule has 3 nitrogen and oxygen atoms in total. The number of hydrogen-bond donors (Lipinski definition) is 2. The Morgan fingerprint density at radius 3 is 2.56 bits per heavy atom. The maximum Gasteiger partial charge on any atom is 0.119 e. The second kappa shape index (κ2) is 10.4. The predicted octanol–water partition coefficient (Wildman–Crippen LogP) is 5.22. The van der Waals surface area contributed by atoms with Gasteiger partial charge in [0.25, 0.3) is 0 Å². The fourth-order valence-corrected chi connectivity index (χ4v) is 3.29. The summed E-state index contributed by atoms with van der Waals surface area (Å²) in [5.74, 6) is 0.841. The van der Waals surface area contributed by atoms with Crippen LogP contribution in [-0.2, 0) is 0 Å². The van der Waals surface area contributed by atoms with Crippen LogP contribution >= 0.6 is 0 Å². The standard InChI is InChI=1S/C22H33NO2/c1-4-5-6-7-8-9-15-23-17(2)22(24)21-12-10-11-18-16-19(25-3)13-14-20(18)21/h10-14,16-17,22-24H,4-9,15H2,1-3H3. The molecule has 0 heterocycles. The lowest BCUT2D eigenvalue weighted by Crippen LogP contribution is -2.33. The molecule has 2 unspecified atom stereocenters. The first kappa shape index (κ1) is 19.7. The van der Waals surface area contributed by atoms with Gasteiger partial charge in [0.15, 0.2) is 0 Å². The molecule has 138 valence electrons. The molecule has 0 bridgehead atoms. The molecule has 0 spiro atoms. The molecule has 0 aliphatic rings. The Labute approximate surface area is 152 Å². The number of benzene rings is 2. The van der Waals surface area contributed by atoms with Crippen molar-refractivity contribution in [2.45, 2.75) is 64.5 Å². The summed E-state index contributed by atoms with van der Waals surface area (Å²) in [6.45, 7) is 5.26. The number of hydrogen-bond acceptors (Lipinski definition) is 3. The fourth-order valence-electron chi connectivity index (χ4n) is 3.29. The summed E-state index contributed by atoms with van der Waals surface area (Å²) in [6.07, 6.45) is 7.22. The zero-order valence-corrected chi connectivity index (χ0v) is 15.9. The van der Waals surface area contributed by atoms with Crippen molar-refractivity contribution in [3.8, 4) is 5.75 Å². The molecule has 25 heavy (non-hydrogen) atoms. The Balaban J connectivity index is 1.91. The van der Waals surface area contributed by atoms with Crippen LogP contribution in [0.4, 0.5) is 0 Å². The molecule has 2 N–H and O–H groups in total. The molecule has 3 heteroatoms. The highest BCUT2D eigenvalue weighted by Gasteiger charge is 2.18. The van der Waals surface area contributed by atoms with Crippen molar-refractivity contribution in [3.05, 3.63) is 42.0 Å². The van der Waals surface area contributed by atoms with Gasteiger partial charge in [-0.1, -0.05) is 63.3 Å². The summed E-state index contributed by atoms with van der Waals surface area (Å²) in [5.41, 5.74) is 0.975. The lowest BCUT2D eigenvalue weighted by atomic mass is 9.96. The van der Waals surface area contributed by atoms with Gasteiger partial charge in [-0.15, -0.1) is 0 Å². The number of aliphatic hydroxyl groups excluding tert-OH is 1. The third kappa shape index (κ3) is 5.72. The van der Waals surface area contributed by atoms with Crippen LogP contribution in [0.15, 0.2) is 36.4 Å². The van der Waals surface area contributed by atoms with Gasteiger partial charge in [-0.25, -0.2) is 0 Å². The van der Waals surface area contributed by atoms with Crippen LogP contribution in [0, 0.1) is 0 Å². The Bertz CT molecular complexity index is 641. The van der Waals surface area contributed by atoms with Crippen LogP contribution in [0.25, 0.3) is 10.8 Å². The first-order valence-electron chi connectivity index (χ1n) is 9.65. The van der Waals surface area contributed by atoms with E-state index in [2.05, 4.69) is 25.2 Å². The van der Waals surface area contributed by atoms with Crippen molar-refractivity contribution in [1.82, 2.24) is 5.32 Å². The van der Waals surface area contributed by atoms with E-state index in [1.165, 1.54) is 38.5 Å². The van der Waals surface area contributed by atoms with Gasteiger partial charge < -0.3 is 15.2 Å². The zero-order chi connectivity index (χ0) is 18.1. The molecule has 0 saturated heterocycles. The van der Waals surface area contributed by atoms with Crippen molar-refractivity contribution in [2.75, 3.05) is 13.7 Å². The third-order valence-electron chi connectivity index (χ3n) is 4.91. The smallest absolute Gasteiger partial charge is 0.119 e. The predicted molar refractivity (Wildman–Crippen MR) is 106 cm³/mol. The molecule has 2 rings (SSSR count). The summed E-state index contributed by atoms with van der Waals surface area (Å²) in [5, 5.41) is 16.5. The molecule has 0 aromatic heterocycles. The van der Waals surface area contributed by atoms with E-state index in [0.717, 1.165) is 28.6 Å². The number of unbranched alkanes of at least 4 members (excludes halogenated alkanes) is 5. The van der Waals surface area contributed by atoms with Crippen LogP contribution < -0.4 is 10.1 Å². The first-order chi connectivity index (χ1) is 12.2. The Hall–Kier alpha value is -1.58. The minimum Gasteiger partial charge on any atom is -0.497 e. The first-order valence-corrected chi connectivity index (χ1v) is 9.65. The molecular weight excluding hydrogens is 310 g/mol. The minimum atomic E-state index is -0.516. The van der Waals surface area contributed by atoms with Crippen molar-refractivity contribution in [2.24, 2.45) is 0 Å². The SMILES string of the molecule is CCCCCCCCNC(C)C(O)c1cccc2cc(OC)ccc12. The van der Waals surface area contributed by atoms with Crippen LogP contribution in [0.2, 0.25) is 0 Å². The van der Waals surface area contributed by atoms with Gasteiger partial charge in [0, 0.05) is 6.04 Å². The monoisotopic (exact) mass is 343 g/mol. The van der Waals surface area contributed by atoms with Crippen molar-refractivity contribution < 1.29 is 9.84 Å². The maximum atomic E-state index is 10.8. The number of methoxy groups -OCH3 is 1. The third-order valence-corrected chi connectivity index (χ3v) is 4.91. The van der Waals surface area contributed by atoms with Crippen LogP contribution in [0.1, 0.15) is 64.0 Å².